The highest BCUT2D eigenvalue weighted by Crippen LogP contribution is 2.35. The van der Waals surface area contributed by atoms with E-state index in [1.807, 2.05) is 72.2 Å². The van der Waals surface area contributed by atoms with Crippen LogP contribution in [0.5, 0.6) is 5.75 Å². The highest BCUT2D eigenvalue weighted by atomic mass is 32.1. The summed E-state index contributed by atoms with van der Waals surface area (Å²) in [6.07, 6.45) is 7.43. The molecule has 1 fully saturated rings. The van der Waals surface area contributed by atoms with Gasteiger partial charge in [0.1, 0.15) is 11.8 Å². The number of nitrogens with zero attached hydrogens (tertiary/aromatic N) is 1. The minimum Gasteiger partial charge on any atom is -0.497 e. The Labute approximate surface area is 215 Å². The smallest absolute Gasteiger partial charge is 0.248 e. The van der Waals surface area contributed by atoms with Gasteiger partial charge in [0.15, 0.2) is 0 Å². The van der Waals surface area contributed by atoms with Gasteiger partial charge in [-0.25, -0.2) is 0 Å². The zero-order chi connectivity index (χ0) is 24.9. The minimum atomic E-state index is -0.831. The molecule has 1 aliphatic carbocycles. The van der Waals surface area contributed by atoms with Crippen molar-refractivity contribution >= 4 is 39.7 Å². The van der Waals surface area contributed by atoms with E-state index in [1.54, 1.807) is 23.3 Å². The fourth-order valence-electron chi connectivity index (χ4n) is 5.09. The topological polar surface area (TPSA) is 74.4 Å². The molecule has 1 aliphatic rings. The summed E-state index contributed by atoms with van der Waals surface area (Å²) in [5, 5.41) is 6.18. The van der Waals surface area contributed by atoms with Crippen molar-refractivity contribution in [3.8, 4) is 5.75 Å². The van der Waals surface area contributed by atoms with E-state index in [0.717, 1.165) is 47.0 Å². The SMILES string of the molecule is COc1cccc(N(C(=O)Cc2cccs2)C(C(=O)NC2CCCCC2)c2c[nH]c3ccccc23)c1. The molecular formula is C29H31N3O3S. The quantitative estimate of drug-likeness (QED) is 0.311. The summed E-state index contributed by atoms with van der Waals surface area (Å²) in [6, 6.07) is 18.5. The van der Waals surface area contributed by atoms with Gasteiger partial charge in [-0.1, -0.05) is 49.6 Å². The fourth-order valence-corrected chi connectivity index (χ4v) is 5.79. The molecule has 36 heavy (non-hydrogen) atoms. The van der Waals surface area contributed by atoms with Crippen molar-refractivity contribution in [3.63, 3.8) is 0 Å². The first-order chi connectivity index (χ1) is 17.6. The lowest BCUT2D eigenvalue weighted by molar-refractivity contribution is -0.127. The second kappa shape index (κ2) is 11.0. The molecule has 0 saturated heterocycles. The van der Waals surface area contributed by atoms with Crippen LogP contribution >= 0.6 is 11.3 Å². The minimum absolute atomic E-state index is 0.124. The number of fused-ring (bicyclic) bond motifs is 1. The lowest BCUT2D eigenvalue weighted by atomic mass is 9.94. The maximum absolute atomic E-state index is 14.1. The van der Waals surface area contributed by atoms with Gasteiger partial charge < -0.3 is 15.0 Å². The van der Waals surface area contributed by atoms with Crippen molar-refractivity contribution in [2.75, 3.05) is 12.0 Å². The summed E-state index contributed by atoms with van der Waals surface area (Å²) in [5.74, 6) is 0.334. The molecule has 2 N–H and O–H groups in total. The molecular weight excluding hydrogens is 470 g/mol. The monoisotopic (exact) mass is 501 g/mol. The number of aromatic nitrogens is 1. The average Bonchev–Trinajstić information content (AvgIpc) is 3.57. The lowest BCUT2D eigenvalue weighted by Crippen LogP contribution is -2.47. The molecule has 0 bridgehead atoms. The fraction of sp³-hybridized carbons (Fsp3) is 0.310. The van der Waals surface area contributed by atoms with Crippen LogP contribution in [-0.2, 0) is 16.0 Å². The van der Waals surface area contributed by atoms with Crippen LogP contribution in [0.25, 0.3) is 10.9 Å². The van der Waals surface area contributed by atoms with E-state index < -0.39 is 6.04 Å². The number of H-pyrrole nitrogens is 1. The summed E-state index contributed by atoms with van der Waals surface area (Å²) in [4.78, 5) is 34.0. The van der Waals surface area contributed by atoms with Crippen LogP contribution in [0.4, 0.5) is 5.69 Å². The van der Waals surface area contributed by atoms with E-state index in [9.17, 15) is 9.59 Å². The van der Waals surface area contributed by atoms with Gasteiger partial charge in [0, 0.05) is 45.3 Å². The Morgan fingerprint density at radius 1 is 1.08 bits per heavy atom. The molecule has 0 spiro atoms. The number of thiophene rings is 1. The third-order valence-corrected chi connectivity index (χ3v) is 7.76. The van der Waals surface area contributed by atoms with Crippen LogP contribution in [-0.4, -0.2) is 29.9 Å². The van der Waals surface area contributed by atoms with Crippen molar-refractivity contribution in [3.05, 3.63) is 82.7 Å². The number of nitrogens with one attached hydrogen (secondary N) is 2. The predicted octanol–water partition coefficient (Wildman–Crippen LogP) is 6.00. The molecule has 2 amide bonds. The van der Waals surface area contributed by atoms with Crippen LogP contribution in [0.2, 0.25) is 0 Å². The van der Waals surface area contributed by atoms with Crippen LogP contribution < -0.4 is 15.0 Å². The number of rotatable bonds is 8. The molecule has 1 unspecified atom stereocenters. The summed E-state index contributed by atoms with van der Waals surface area (Å²) < 4.78 is 5.47. The lowest BCUT2D eigenvalue weighted by Gasteiger charge is -2.33. The van der Waals surface area contributed by atoms with E-state index >= 15 is 0 Å². The Kier molecular flexibility index (Phi) is 7.37. The number of methoxy groups -OCH3 is 1. The molecule has 0 aliphatic heterocycles. The number of carbonyl (C=O) groups is 2. The second-order valence-corrected chi connectivity index (χ2v) is 10.3. The van der Waals surface area contributed by atoms with Crippen molar-refractivity contribution in [1.29, 1.82) is 0 Å². The number of ether oxygens (including phenoxy) is 1. The number of benzene rings is 2. The standard InChI is InChI=1S/C29H31N3O3S/c1-35-22-12-7-11-21(17-22)32(27(33)18-23-13-8-16-36-23)28(29(34)31-20-9-3-2-4-10-20)25-19-30-26-15-6-5-14-24(25)26/h5-8,11-17,19-20,28,30H,2-4,9-10,18H2,1H3,(H,31,34). The number of anilines is 1. The van der Waals surface area contributed by atoms with Crippen molar-refractivity contribution in [2.24, 2.45) is 0 Å². The molecule has 2 heterocycles. The molecule has 5 rings (SSSR count). The normalized spacial score (nSPS) is 14.9. The predicted molar refractivity (Wildman–Crippen MR) is 145 cm³/mol. The summed E-state index contributed by atoms with van der Waals surface area (Å²) >= 11 is 1.54. The first-order valence-electron chi connectivity index (χ1n) is 12.5. The summed E-state index contributed by atoms with van der Waals surface area (Å²) in [5.41, 5.74) is 2.34. The van der Waals surface area contributed by atoms with Crippen LogP contribution in [0.3, 0.4) is 0 Å². The molecule has 7 heteroatoms. The molecule has 1 saturated carbocycles. The maximum atomic E-state index is 14.1. The molecule has 6 nitrogen and oxygen atoms in total. The van der Waals surface area contributed by atoms with Crippen LogP contribution in [0, 0.1) is 0 Å². The van der Waals surface area contributed by atoms with Gasteiger partial charge in [0.05, 0.1) is 13.5 Å². The molecule has 4 aromatic rings. The Balaban J connectivity index is 1.61. The van der Waals surface area contributed by atoms with E-state index in [4.69, 9.17) is 4.74 Å². The molecule has 1 atom stereocenters. The third-order valence-electron chi connectivity index (χ3n) is 6.88. The Bertz CT molecular complexity index is 1320. The number of carbonyl (C=O) groups excluding carboxylic acids is 2. The average molecular weight is 502 g/mol. The number of hydrogen-bond donors (Lipinski definition) is 2. The molecule has 2 aromatic heterocycles. The van der Waals surface area contributed by atoms with Crippen molar-refractivity contribution < 1.29 is 14.3 Å². The molecule has 0 radical (unpaired) electrons. The first kappa shape index (κ1) is 24.1. The van der Waals surface area contributed by atoms with E-state index in [-0.39, 0.29) is 24.3 Å². The van der Waals surface area contributed by atoms with Gasteiger partial charge in [-0.05, 0) is 42.5 Å². The van der Waals surface area contributed by atoms with Crippen LogP contribution in [0.15, 0.2) is 72.2 Å². The van der Waals surface area contributed by atoms with Gasteiger partial charge in [-0.2, -0.15) is 0 Å². The Hall–Kier alpha value is -3.58. The van der Waals surface area contributed by atoms with Gasteiger partial charge in [-0.15, -0.1) is 11.3 Å². The number of para-hydroxylation sites is 1. The largest absolute Gasteiger partial charge is 0.497 e. The molecule has 2 aromatic carbocycles. The Morgan fingerprint density at radius 3 is 2.69 bits per heavy atom. The zero-order valence-electron chi connectivity index (χ0n) is 20.4. The first-order valence-corrected chi connectivity index (χ1v) is 13.4. The van der Waals surface area contributed by atoms with E-state index in [1.165, 1.54) is 6.42 Å². The third kappa shape index (κ3) is 5.16. The van der Waals surface area contributed by atoms with Crippen molar-refractivity contribution in [2.45, 2.75) is 50.6 Å². The van der Waals surface area contributed by atoms with Gasteiger partial charge in [-0.3, -0.25) is 14.5 Å². The number of amides is 2. The zero-order valence-corrected chi connectivity index (χ0v) is 21.2. The van der Waals surface area contributed by atoms with Crippen molar-refractivity contribution in [1.82, 2.24) is 10.3 Å². The second-order valence-electron chi connectivity index (χ2n) is 9.26. The van der Waals surface area contributed by atoms with Gasteiger partial charge in [0.25, 0.3) is 0 Å². The van der Waals surface area contributed by atoms with E-state index in [2.05, 4.69) is 10.3 Å². The number of aromatic amines is 1. The van der Waals surface area contributed by atoms with Crippen LogP contribution in [0.1, 0.15) is 48.6 Å². The Morgan fingerprint density at radius 2 is 1.92 bits per heavy atom. The highest BCUT2D eigenvalue weighted by Gasteiger charge is 2.35. The number of hydrogen-bond acceptors (Lipinski definition) is 4. The highest BCUT2D eigenvalue weighted by molar-refractivity contribution is 7.10. The maximum Gasteiger partial charge on any atom is 0.248 e. The van der Waals surface area contributed by atoms with Gasteiger partial charge in [0.2, 0.25) is 11.8 Å². The van der Waals surface area contributed by atoms with Gasteiger partial charge >= 0.3 is 0 Å². The summed E-state index contributed by atoms with van der Waals surface area (Å²) in [7, 11) is 1.60. The molecule has 186 valence electrons. The van der Waals surface area contributed by atoms with E-state index in [0.29, 0.717) is 11.4 Å². The summed E-state index contributed by atoms with van der Waals surface area (Å²) in [6.45, 7) is 0.